The number of carbonyl (C=O) groups is 1. The lowest BCUT2D eigenvalue weighted by molar-refractivity contribution is -0.654. The van der Waals surface area contributed by atoms with Crippen LogP contribution in [0.25, 0.3) is 0 Å². The molecule has 0 aliphatic rings. The molecule has 1 amide bonds. The van der Waals surface area contributed by atoms with Crippen LogP contribution >= 0.6 is 11.6 Å². The summed E-state index contributed by atoms with van der Waals surface area (Å²) in [7, 11) is -6.00. The maximum absolute atomic E-state index is 12.1. The predicted octanol–water partition coefficient (Wildman–Crippen LogP) is 4.24. The Balaban J connectivity index is 0.000000505. The summed E-state index contributed by atoms with van der Waals surface area (Å²) in [6.45, 7) is 5.95. The number of nitrogens with one attached hydrogen (secondary N) is 1. The Kier molecular flexibility index (Phi) is 6.77. The van der Waals surface area contributed by atoms with Crippen molar-refractivity contribution in [1.29, 1.82) is 0 Å². The molecule has 0 saturated carbocycles. The zero-order valence-corrected chi connectivity index (χ0v) is 14.0. The molecule has 0 bridgehead atoms. The molecular formula is C15H16BClF4N2O. The van der Waals surface area contributed by atoms with E-state index in [9.17, 15) is 22.1 Å². The number of pyridine rings is 1. The second-order valence-electron chi connectivity index (χ2n) is 5.09. The van der Waals surface area contributed by atoms with Gasteiger partial charge in [-0.1, -0.05) is 16.3 Å². The van der Waals surface area contributed by atoms with E-state index in [1.165, 1.54) is 5.56 Å². The minimum absolute atomic E-state index is 0.156. The highest BCUT2D eigenvalue weighted by Crippen LogP contribution is 2.09. The number of benzene rings is 1. The second-order valence-corrected chi connectivity index (χ2v) is 5.53. The van der Waals surface area contributed by atoms with Crippen LogP contribution in [-0.4, -0.2) is 13.2 Å². The van der Waals surface area contributed by atoms with E-state index in [-0.39, 0.29) is 5.91 Å². The number of hydrogen-bond acceptors (Lipinski definition) is 1. The first kappa shape index (κ1) is 20.0. The summed E-state index contributed by atoms with van der Waals surface area (Å²) in [5.74, 6) is -0.156. The fourth-order valence-electron chi connectivity index (χ4n) is 2.05. The van der Waals surface area contributed by atoms with E-state index in [4.69, 9.17) is 11.6 Å². The van der Waals surface area contributed by atoms with Gasteiger partial charge in [0.05, 0.1) is 0 Å². The van der Waals surface area contributed by atoms with Crippen molar-refractivity contribution in [3.8, 4) is 0 Å². The quantitative estimate of drug-likeness (QED) is 0.484. The van der Waals surface area contributed by atoms with E-state index >= 15 is 0 Å². The van der Waals surface area contributed by atoms with Crippen molar-refractivity contribution >= 4 is 24.8 Å². The van der Waals surface area contributed by atoms with E-state index in [2.05, 4.69) is 5.43 Å². The number of halogens is 5. The zero-order valence-electron chi connectivity index (χ0n) is 13.3. The molecule has 0 unspecified atom stereocenters. The molecule has 1 aromatic heterocycles. The molecule has 9 heteroatoms. The number of hydrogen-bond donors (Lipinski definition) is 1. The molecule has 0 spiro atoms. The summed E-state index contributed by atoms with van der Waals surface area (Å²) in [5, 5.41) is 0.618. The number of nitrogens with zero attached hydrogens (tertiary/aromatic N) is 1. The molecule has 0 aliphatic heterocycles. The van der Waals surface area contributed by atoms with Gasteiger partial charge in [0.1, 0.15) is 0 Å². The number of rotatable bonds is 2. The van der Waals surface area contributed by atoms with Gasteiger partial charge in [0, 0.05) is 36.6 Å². The highest BCUT2D eigenvalue weighted by Gasteiger charge is 2.20. The van der Waals surface area contributed by atoms with Gasteiger partial charge in [-0.2, -0.15) is 0 Å². The maximum Gasteiger partial charge on any atom is 0.673 e. The number of carbonyl (C=O) groups excluding carboxylic acids is 1. The number of aryl methyl sites for hydroxylation is 3. The van der Waals surface area contributed by atoms with Gasteiger partial charge < -0.3 is 17.3 Å². The molecule has 1 N–H and O–H groups in total. The SMILES string of the molecule is Cc1cc(C)[n+](NC(=O)c2ccc(Cl)cc2)c(C)c1.F[B-](F)(F)F. The van der Waals surface area contributed by atoms with Crippen molar-refractivity contribution in [2.45, 2.75) is 20.8 Å². The third-order valence-electron chi connectivity index (χ3n) is 2.90. The van der Waals surface area contributed by atoms with Gasteiger partial charge in [-0.15, -0.1) is 5.43 Å². The van der Waals surface area contributed by atoms with Gasteiger partial charge in [0.15, 0.2) is 0 Å². The Labute approximate surface area is 142 Å². The summed E-state index contributed by atoms with van der Waals surface area (Å²) in [6, 6.07) is 10.9. The van der Waals surface area contributed by atoms with Crippen molar-refractivity contribution in [1.82, 2.24) is 0 Å². The van der Waals surface area contributed by atoms with Gasteiger partial charge in [0.2, 0.25) is 11.4 Å². The average molecular weight is 363 g/mol. The Morgan fingerprint density at radius 2 is 1.42 bits per heavy atom. The topological polar surface area (TPSA) is 33.0 Å². The van der Waals surface area contributed by atoms with Crippen LogP contribution in [0.2, 0.25) is 5.02 Å². The molecule has 1 aromatic carbocycles. The molecule has 0 radical (unpaired) electrons. The average Bonchev–Trinajstić information content (AvgIpc) is 2.41. The minimum atomic E-state index is -6.00. The van der Waals surface area contributed by atoms with Crippen LogP contribution in [0.15, 0.2) is 36.4 Å². The fourth-order valence-corrected chi connectivity index (χ4v) is 2.18. The standard InChI is InChI=1S/C15H15ClN2O.BF4/c1-10-8-11(2)18(12(3)9-10)17-15(19)13-4-6-14(16)7-5-13;2-1(3,4)5/h4-9H,1-3H3;/q;-1/p+1. The van der Waals surface area contributed by atoms with Crippen molar-refractivity contribution in [2.75, 3.05) is 5.43 Å². The lowest BCUT2D eigenvalue weighted by Gasteiger charge is -2.05. The minimum Gasteiger partial charge on any atom is -0.418 e. The largest absolute Gasteiger partial charge is 0.673 e. The molecule has 0 atom stereocenters. The van der Waals surface area contributed by atoms with Crippen LogP contribution in [-0.2, 0) is 0 Å². The third-order valence-corrected chi connectivity index (χ3v) is 3.15. The van der Waals surface area contributed by atoms with Crippen LogP contribution in [0, 0.1) is 20.8 Å². The summed E-state index contributed by atoms with van der Waals surface area (Å²) < 4.78 is 40.8. The summed E-state index contributed by atoms with van der Waals surface area (Å²) >= 11 is 5.81. The molecule has 3 nitrogen and oxygen atoms in total. The van der Waals surface area contributed by atoms with Gasteiger partial charge in [-0.05, 0) is 36.8 Å². The van der Waals surface area contributed by atoms with Crippen molar-refractivity contribution in [3.05, 3.63) is 63.9 Å². The maximum atomic E-state index is 12.1. The molecule has 130 valence electrons. The monoisotopic (exact) mass is 362 g/mol. The number of aromatic nitrogens is 1. The molecule has 2 aromatic rings. The first-order valence-electron chi connectivity index (χ1n) is 6.91. The number of amides is 1. The van der Waals surface area contributed by atoms with Crippen molar-refractivity contribution in [2.24, 2.45) is 0 Å². The summed E-state index contributed by atoms with van der Waals surface area (Å²) in [6.07, 6.45) is 0. The van der Waals surface area contributed by atoms with Gasteiger partial charge in [-0.3, -0.25) is 4.79 Å². The van der Waals surface area contributed by atoms with E-state index in [0.717, 1.165) is 11.4 Å². The normalized spacial score (nSPS) is 10.7. The van der Waals surface area contributed by atoms with Crippen LogP contribution in [0.5, 0.6) is 0 Å². The van der Waals surface area contributed by atoms with Crippen molar-refractivity contribution < 1.29 is 26.7 Å². The Morgan fingerprint density at radius 1 is 1.00 bits per heavy atom. The van der Waals surface area contributed by atoms with Gasteiger partial charge >= 0.3 is 13.2 Å². The summed E-state index contributed by atoms with van der Waals surface area (Å²) in [4.78, 5) is 12.1. The van der Waals surface area contributed by atoms with Gasteiger partial charge in [0.25, 0.3) is 0 Å². The highest BCUT2D eigenvalue weighted by molar-refractivity contribution is 6.50. The van der Waals surface area contributed by atoms with Crippen molar-refractivity contribution in [3.63, 3.8) is 0 Å². The van der Waals surface area contributed by atoms with Crippen LogP contribution in [0.1, 0.15) is 27.3 Å². The van der Waals surface area contributed by atoms with Crippen LogP contribution in [0.4, 0.5) is 17.3 Å². The Hall–Kier alpha value is -2.09. The Morgan fingerprint density at radius 3 is 1.83 bits per heavy atom. The van der Waals surface area contributed by atoms with Gasteiger partial charge in [-0.25, -0.2) is 0 Å². The van der Waals surface area contributed by atoms with E-state index in [1.807, 2.05) is 32.9 Å². The first-order chi connectivity index (χ1) is 11.0. The molecule has 24 heavy (non-hydrogen) atoms. The van der Waals surface area contributed by atoms with E-state index in [0.29, 0.717) is 10.6 Å². The van der Waals surface area contributed by atoms with E-state index < -0.39 is 7.25 Å². The highest BCUT2D eigenvalue weighted by atomic mass is 35.5. The molecular weight excluding hydrogens is 346 g/mol. The Bertz CT molecular complexity index is 691. The smallest absolute Gasteiger partial charge is 0.418 e. The zero-order chi connectivity index (χ0) is 18.5. The van der Waals surface area contributed by atoms with E-state index in [1.54, 1.807) is 28.9 Å². The lowest BCUT2D eigenvalue weighted by Crippen LogP contribution is -2.52. The summed E-state index contributed by atoms with van der Waals surface area (Å²) in [5.41, 5.74) is 6.60. The third kappa shape index (κ3) is 7.00. The molecule has 1 heterocycles. The molecule has 2 rings (SSSR count). The van der Waals surface area contributed by atoms with Crippen LogP contribution < -0.4 is 10.1 Å². The van der Waals surface area contributed by atoms with Crippen LogP contribution in [0.3, 0.4) is 0 Å². The molecule has 0 aliphatic carbocycles. The lowest BCUT2D eigenvalue weighted by atomic mass is 10.2. The fraction of sp³-hybridized carbons (Fsp3) is 0.200. The second kappa shape index (κ2) is 8.14. The molecule has 0 fully saturated rings. The predicted molar refractivity (Wildman–Crippen MR) is 86.2 cm³/mol. The molecule has 0 saturated heterocycles. The first-order valence-corrected chi connectivity index (χ1v) is 7.29.